The fraction of sp³-hybridized carbons (Fsp3) is 0.257. The van der Waals surface area contributed by atoms with Crippen LogP contribution in [0.2, 0.25) is 10.0 Å². The van der Waals surface area contributed by atoms with E-state index < -0.39 is 28.5 Å². The van der Waals surface area contributed by atoms with Gasteiger partial charge in [0.25, 0.3) is 10.0 Å². The predicted molar refractivity (Wildman–Crippen MR) is 179 cm³/mol. The molecule has 45 heavy (non-hydrogen) atoms. The minimum Gasteiger partial charge on any atom is -0.352 e. The van der Waals surface area contributed by atoms with Crippen LogP contribution in [0.5, 0.6) is 0 Å². The van der Waals surface area contributed by atoms with E-state index in [1.54, 1.807) is 66.7 Å². The van der Waals surface area contributed by atoms with Crippen molar-refractivity contribution in [1.29, 1.82) is 0 Å². The summed E-state index contributed by atoms with van der Waals surface area (Å²) in [6, 6.07) is 30.0. The molecule has 1 aliphatic rings. The van der Waals surface area contributed by atoms with Gasteiger partial charge in [0.1, 0.15) is 12.6 Å². The highest BCUT2D eigenvalue weighted by molar-refractivity contribution is 7.92. The van der Waals surface area contributed by atoms with Gasteiger partial charge in [0.2, 0.25) is 11.8 Å². The molecule has 0 heterocycles. The normalized spacial score (nSPS) is 14.1. The van der Waals surface area contributed by atoms with Crippen LogP contribution < -0.4 is 9.62 Å². The SMILES string of the molecule is O=C(NC1CCCC1)[C@@H](Cc1ccccc1)N(Cc1ccc(Cl)cc1Cl)C(=O)CN(c1ccccc1)S(=O)(=O)c1ccccc1. The van der Waals surface area contributed by atoms with E-state index >= 15 is 0 Å². The number of para-hydroxylation sites is 1. The Morgan fingerprint density at radius 1 is 0.822 bits per heavy atom. The van der Waals surface area contributed by atoms with E-state index in [2.05, 4.69) is 5.32 Å². The number of hydrogen-bond donors (Lipinski definition) is 1. The molecule has 0 aromatic heterocycles. The molecule has 4 aromatic carbocycles. The van der Waals surface area contributed by atoms with Crippen LogP contribution in [-0.2, 0) is 32.6 Å². The number of halogens is 2. The summed E-state index contributed by atoms with van der Waals surface area (Å²) in [6.07, 6.45) is 4.03. The molecule has 0 radical (unpaired) electrons. The molecule has 1 atom stereocenters. The van der Waals surface area contributed by atoms with Gasteiger partial charge in [0, 0.05) is 29.1 Å². The molecule has 0 saturated heterocycles. The lowest BCUT2D eigenvalue weighted by Gasteiger charge is -2.34. The second-order valence-corrected chi connectivity index (χ2v) is 13.8. The Morgan fingerprint density at radius 3 is 2.04 bits per heavy atom. The lowest BCUT2D eigenvalue weighted by atomic mass is 10.0. The summed E-state index contributed by atoms with van der Waals surface area (Å²) in [4.78, 5) is 30.1. The molecule has 10 heteroatoms. The van der Waals surface area contributed by atoms with Crippen molar-refractivity contribution in [3.63, 3.8) is 0 Å². The number of nitrogens with zero attached hydrogens (tertiary/aromatic N) is 2. The third-order valence-corrected chi connectivity index (χ3v) is 10.4. The first-order chi connectivity index (χ1) is 21.7. The first-order valence-corrected chi connectivity index (χ1v) is 17.1. The molecule has 4 aromatic rings. The fourth-order valence-electron chi connectivity index (χ4n) is 5.60. The van der Waals surface area contributed by atoms with Crippen LogP contribution in [0.1, 0.15) is 36.8 Å². The van der Waals surface area contributed by atoms with Gasteiger partial charge in [-0.3, -0.25) is 13.9 Å². The minimum absolute atomic E-state index is 0.0196. The van der Waals surface area contributed by atoms with E-state index in [0.29, 0.717) is 21.3 Å². The highest BCUT2D eigenvalue weighted by Gasteiger charge is 2.35. The van der Waals surface area contributed by atoms with Crippen molar-refractivity contribution in [1.82, 2.24) is 10.2 Å². The predicted octanol–water partition coefficient (Wildman–Crippen LogP) is 6.89. The average Bonchev–Trinajstić information content (AvgIpc) is 3.56. The number of amides is 2. The Labute approximate surface area is 274 Å². The maximum atomic E-state index is 14.5. The highest BCUT2D eigenvalue weighted by Crippen LogP contribution is 2.27. The van der Waals surface area contributed by atoms with Crippen molar-refractivity contribution in [2.24, 2.45) is 0 Å². The molecule has 1 saturated carbocycles. The molecule has 0 unspecified atom stereocenters. The summed E-state index contributed by atoms with van der Waals surface area (Å²) in [6.45, 7) is -0.563. The molecule has 5 rings (SSSR count). The van der Waals surface area contributed by atoms with Crippen molar-refractivity contribution in [2.75, 3.05) is 10.8 Å². The zero-order valence-electron chi connectivity index (χ0n) is 24.7. The van der Waals surface area contributed by atoms with Gasteiger partial charge >= 0.3 is 0 Å². The van der Waals surface area contributed by atoms with Gasteiger partial charge in [-0.15, -0.1) is 0 Å². The monoisotopic (exact) mass is 663 g/mol. The van der Waals surface area contributed by atoms with Gasteiger partial charge in [-0.05, 0) is 60.4 Å². The van der Waals surface area contributed by atoms with Crippen LogP contribution in [-0.4, -0.2) is 43.8 Å². The van der Waals surface area contributed by atoms with Gasteiger partial charge in [-0.1, -0.05) is 109 Å². The Balaban J connectivity index is 1.56. The van der Waals surface area contributed by atoms with Gasteiger partial charge in [-0.2, -0.15) is 0 Å². The number of carbonyl (C=O) groups excluding carboxylic acids is 2. The van der Waals surface area contributed by atoms with Crippen molar-refractivity contribution >= 4 is 50.7 Å². The van der Waals surface area contributed by atoms with Crippen molar-refractivity contribution < 1.29 is 18.0 Å². The maximum absolute atomic E-state index is 14.5. The Morgan fingerprint density at radius 2 is 1.42 bits per heavy atom. The highest BCUT2D eigenvalue weighted by atomic mass is 35.5. The van der Waals surface area contributed by atoms with Gasteiger partial charge in [-0.25, -0.2) is 8.42 Å². The first kappa shape index (κ1) is 32.5. The number of anilines is 1. The molecular weight excluding hydrogens is 629 g/mol. The molecule has 0 bridgehead atoms. The van der Waals surface area contributed by atoms with Gasteiger partial charge in [0.15, 0.2) is 0 Å². The molecule has 234 valence electrons. The van der Waals surface area contributed by atoms with Crippen molar-refractivity contribution in [3.05, 3.63) is 130 Å². The molecular formula is C35H35Cl2N3O4S. The van der Waals surface area contributed by atoms with Crippen LogP contribution in [0, 0.1) is 0 Å². The number of sulfonamides is 1. The Kier molecular flexibility index (Phi) is 10.8. The van der Waals surface area contributed by atoms with E-state index in [1.165, 1.54) is 17.0 Å². The summed E-state index contributed by atoms with van der Waals surface area (Å²) in [7, 11) is -4.15. The molecule has 0 spiro atoms. The molecule has 2 amide bonds. The largest absolute Gasteiger partial charge is 0.352 e. The fourth-order valence-corrected chi connectivity index (χ4v) is 7.50. The van der Waals surface area contributed by atoms with Crippen molar-refractivity contribution in [3.8, 4) is 0 Å². The second kappa shape index (κ2) is 15.0. The minimum atomic E-state index is -4.15. The molecule has 0 aliphatic heterocycles. The van der Waals surface area contributed by atoms with Crippen LogP contribution >= 0.6 is 23.2 Å². The summed E-state index contributed by atoms with van der Waals surface area (Å²) in [5.74, 6) is -0.840. The van der Waals surface area contributed by atoms with Crippen molar-refractivity contribution in [2.45, 2.75) is 55.6 Å². The second-order valence-electron chi connectivity index (χ2n) is 11.1. The molecule has 1 fully saturated rings. The number of rotatable bonds is 12. The van der Waals surface area contributed by atoms with E-state index in [0.717, 1.165) is 35.6 Å². The van der Waals surface area contributed by atoms with Crippen LogP contribution in [0.3, 0.4) is 0 Å². The number of hydrogen-bond acceptors (Lipinski definition) is 4. The standard InChI is InChI=1S/C35H35Cl2N3O4S/c36-28-21-20-27(32(37)23-28)24-39(33(22-26-12-4-1-5-13-26)35(42)38-29-14-10-11-15-29)34(41)25-40(30-16-6-2-7-17-30)45(43,44)31-18-8-3-9-19-31/h1-9,12-13,16-21,23,29,33H,10-11,14-15,22,24-25H2,(H,38,42)/t33-/m1/s1. The topological polar surface area (TPSA) is 86.8 Å². The van der Waals surface area contributed by atoms with Crippen LogP contribution in [0.25, 0.3) is 0 Å². The zero-order valence-corrected chi connectivity index (χ0v) is 27.0. The smallest absolute Gasteiger partial charge is 0.264 e. The molecule has 7 nitrogen and oxygen atoms in total. The van der Waals surface area contributed by atoms with Crippen LogP contribution in [0.4, 0.5) is 5.69 Å². The van der Waals surface area contributed by atoms with E-state index in [1.807, 2.05) is 30.3 Å². The van der Waals surface area contributed by atoms with E-state index in [4.69, 9.17) is 23.2 Å². The Hall–Kier alpha value is -3.85. The maximum Gasteiger partial charge on any atom is 0.264 e. The van der Waals surface area contributed by atoms with E-state index in [-0.39, 0.29) is 29.8 Å². The average molecular weight is 665 g/mol. The van der Waals surface area contributed by atoms with E-state index in [9.17, 15) is 18.0 Å². The van der Waals surface area contributed by atoms with Gasteiger partial charge < -0.3 is 10.2 Å². The summed E-state index contributed by atoms with van der Waals surface area (Å²) in [5, 5.41) is 3.94. The number of nitrogens with one attached hydrogen (secondary N) is 1. The third kappa shape index (κ3) is 8.25. The third-order valence-electron chi connectivity index (χ3n) is 7.98. The zero-order chi connectivity index (χ0) is 31.8. The van der Waals surface area contributed by atoms with Gasteiger partial charge in [0.05, 0.1) is 10.6 Å². The summed E-state index contributed by atoms with van der Waals surface area (Å²) >= 11 is 12.8. The lowest BCUT2D eigenvalue weighted by molar-refractivity contribution is -0.140. The molecule has 1 aliphatic carbocycles. The lowest BCUT2D eigenvalue weighted by Crippen LogP contribution is -2.54. The first-order valence-electron chi connectivity index (χ1n) is 14.9. The number of benzene rings is 4. The summed E-state index contributed by atoms with van der Waals surface area (Å²) in [5.41, 5.74) is 1.77. The quantitative estimate of drug-likeness (QED) is 0.179. The Bertz CT molecular complexity index is 1700. The van der Waals surface area contributed by atoms with Crippen LogP contribution in [0.15, 0.2) is 114 Å². The summed E-state index contributed by atoms with van der Waals surface area (Å²) < 4.78 is 29.1. The molecule has 1 N–H and O–H groups in total. The number of carbonyl (C=O) groups is 2.